The molecule has 5 nitrogen and oxygen atoms in total. The fraction of sp³-hybridized carbons (Fsp3) is 0.357. The van der Waals surface area contributed by atoms with Crippen molar-refractivity contribution in [2.24, 2.45) is 0 Å². The van der Waals surface area contributed by atoms with Gasteiger partial charge in [0, 0.05) is 16.8 Å². The fourth-order valence-corrected chi connectivity index (χ4v) is 4.24. The van der Waals surface area contributed by atoms with Crippen LogP contribution < -0.4 is 10.5 Å². The molecule has 0 spiro atoms. The first-order valence-electron chi connectivity index (χ1n) is 6.68. The van der Waals surface area contributed by atoms with Gasteiger partial charge >= 0.3 is 0 Å². The summed E-state index contributed by atoms with van der Waals surface area (Å²) in [6.45, 7) is 3.85. The Kier molecular flexibility index (Phi) is 4.97. The topological polar surface area (TPSA) is 85.1 Å². The summed E-state index contributed by atoms with van der Waals surface area (Å²) in [5.74, 6) is -0.0889. The minimum Gasteiger partial charge on any atom is -0.399 e. The third kappa shape index (κ3) is 4.52. The molecule has 1 unspecified atom stereocenters. The van der Waals surface area contributed by atoms with Crippen LogP contribution >= 0.6 is 11.3 Å². The normalized spacial score (nSPS) is 13.2. The van der Waals surface area contributed by atoms with Crippen molar-refractivity contribution in [3.8, 4) is 0 Å². The first kappa shape index (κ1) is 15.9. The van der Waals surface area contributed by atoms with E-state index in [0.29, 0.717) is 11.3 Å². The first-order valence-corrected chi connectivity index (χ1v) is 9.15. The number of benzene rings is 1. The molecule has 0 amide bonds. The molecule has 0 saturated carbocycles. The van der Waals surface area contributed by atoms with Gasteiger partial charge in [0.15, 0.2) is 0 Å². The van der Waals surface area contributed by atoms with Crippen molar-refractivity contribution in [3.63, 3.8) is 0 Å². The van der Waals surface area contributed by atoms with Crippen LogP contribution in [0.4, 0.5) is 5.69 Å². The minimum absolute atomic E-state index is 0.0889. The molecule has 0 aliphatic heterocycles. The van der Waals surface area contributed by atoms with Gasteiger partial charge in [-0.3, -0.25) is 0 Å². The standard InChI is InChI=1S/C14H19N3O2S2/c1-3-13-8-16-14(20-13)10(2)17-21(18,19)9-11-5-4-6-12(15)7-11/h4-8,10,17H,3,9,15H2,1-2H3. The summed E-state index contributed by atoms with van der Waals surface area (Å²) in [6, 6.07) is 6.56. The van der Waals surface area contributed by atoms with Crippen LogP contribution in [-0.2, 0) is 22.2 Å². The lowest BCUT2D eigenvalue weighted by molar-refractivity contribution is 0.565. The van der Waals surface area contributed by atoms with Crippen molar-refractivity contribution in [3.05, 3.63) is 45.9 Å². The second kappa shape index (κ2) is 6.55. The number of aryl methyl sites for hydroxylation is 1. The van der Waals surface area contributed by atoms with Gasteiger partial charge in [0.25, 0.3) is 0 Å². The third-order valence-electron chi connectivity index (χ3n) is 2.95. The summed E-state index contributed by atoms with van der Waals surface area (Å²) in [5, 5.41) is 0.781. The molecule has 114 valence electrons. The van der Waals surface area contributed by atoms with Crippen LogP contribution in [-0.4, -0.2) is 13.4 Å². The Morgan fingerprint density at radius 1 is 1.43 bits per heavy atom. The van der Waals surface area contributed by atoms with Crippen molar-refractivity contribution >= 4 is 27.0 Å². The van der Waals surface area contributed by atoms with E-state index in [1.165, 1.54) is 11.3 Å². The molecule has 21 heavy (non-hydrogen) atoms. The number of nitrogens with one attached hydrogen (secondary N) is 1. The number of anilines is 1. The summed E-state index contributed by atoms with van der Waals surface area (Å²) < 4.78 is 27.0. The van der Waals surface area contributed by atoms with E-state index in [-0.39, 0.29) is 11.8 Å². The molecule has 3 N–H and O–H groups in total. The van der Waals surface area contributed by atoms with Gasteiger partial charge in [-0.2, -0.15) is 0 Å². The number of thiazole rings is 1. The van der Waals surface area contributed by atoms with Crippen molar-refractivity contribution in [1.82, 2.24) is 9.71 Å². The van der Waals surface area contributed by atoms with Crippen molar-refractivity contribution in [1.29, 1.82) is 0 Å². The second-order valence-corrected chi connectivity index (χ2v) is 7.76. The average Bonchev–Trinajstić information content (AvgIpc) is 2.86. The summed E-state index contributed by atoms with van der Waals surface area (Å²) in [5.41, 5.74) is 6.89. The Morgan fingerprint density at radius 3 is 2.81 bits per heavy atom. The fourth-order valence-electron chi connectivity index (χ4n) is 1.95. The number of hydrogen-bond acceptors (Lipinski definition) is 5. The SMILES string of the molecule is CCc1cnc(C(C)NS(=O)(=O)Cc2cccc(N)c2)s1. The number of nitrogens with two attached hydrogens (primary N) is 1. The number of nitrogen functional groups attached to an aromatic ring is 1. The maximum Gasteiger partial charge on any atom is 0.216 e. The molecule has 0 saturated heterocycles. The molecule has 0 aliphatic carbocycles. The van der Waals surface area contributed by atoms with Gasteiger partial charge < -0.3 is 5.73 Å². The van der Waals surface area contributed by atoms with E-state index in [2.05, 4.69) is 9.71 Å². The van der Waals surface area contributed by atoms with Crippen LogP contribution in [0, 0.1) is 0 Å². The van der Waals surface area contributed by atoms with Gasteiger partial charge in [-0.1, -0.05) is 19.1 Å². The molecular weight excluding hydrogens is 306 g/mol. The van der Waals surface area contributed by atoms with Gasteiger partial charge in [0.1, 0.15) is 5.01 Å². The molecule has 0 fully saturated rings. The number of nitrogens with zero attached hydrogens (tertiary/aromatic N) is 1. The second-order valence-electron chi connectivity index (χ2n) is 4.86. The Labute approximate surface area is 129 Å². The van der Waals surface area contributed by atoms with E-state index in [1.54, 1.807) is 37.4 Å². The van der Waals surface area contributed by atoms with Crippen LogP contribution in [0.5, 0.6) is 0 Å². The summed E-state index contributed by atoms with van der Waals surface area (Å²) in [7, 11) is -3.44. The van der Waals surface area contributed by atoms with Gasteiger partial charge in [-0.05, 0) is 31.0 Å². The number of sulfonamides is 1. The van der Waals surface area contributed by atoms with Crippen LogP contribution in [0.15, 0.2) is 30.5 Å². The highest BCUT2D eigenvalue weighted by Gasteiger charge is 2.18. The van der Waals surface area contributed by atoms with E-state index >= 15 is 0 Å². The van der Waals surface area contributed by atoms with Crippen LogP contribution in [0.1, 0.15) is 35.3 Å². The van der Waals surface area contributed by atoms with E-state index in [4.69, 9.17) is 5.73 Å². The summed E-state index contributed by atoms with van der Waals surface area (Å²) >= 11 is 1.53. The average molecular weight is 325 g/mol. The molecule has 2 rings (SSSR count). The zero-order valence-electron chi connectivity index (χ0n) is 12.0. The van der Waals surface area contributed by atoms with E-state index in [1.807, 2.05) is 6.92 Å². The largest absolute Gasteiger partial charge is 0.399 e. The van der Waals surface area contributed by atoms with Gasteiger partial charge in [0.05, 0.1) is 11.8 Å². The lowest BCUT2D eigenvalue weighted by Gasteiger charge is -2.12. The van der Waals surface area contributed by atoms with Gasteiger partial charge in [0.2, 0.25) is 10.0 Å². The van der Waals surface area contributed by atoms with Gasteiger partial charge in [-0.25, -0.2) is 18.1 Å². The molecule has 1 aromatic heterocycles. The quantitative estimate of drug-likeness (QED) is 0.799. The molecule has 0 radical (unpaired) electrons. The smallest absolute Gasteiger partial charge is 0.216 e. The monoisotopic (exact) mass is 325 g/mol. The highest BCUT2D eigenvalue weighted by Crippen LogP contribution is 2.21. The summed E-state index contributed by atoms with van der Waals surface area (Å²) in [6.07, 6.45) is 2.70. The van der Waals surface area contributed by atoms with Crippen LogP contribution in [0.2, 0.25) is 0 Å². The minimum atomic E-state index is -3.44. The lowest BCUT2D eigenvalue weighted by Crippen LogP contribution is -2.28. The predicted octanol–water partition coefficient (Wildman–Crippen LogP) is 2.47. The zero-order valence-corrected chi connectivity index (χ0v) is 13.7. The Hall–Kier alpha value is -1.44. The Morgan fingerprint density at radius 2 is 2.19 bits per heavy atom. The Balaban J connectivity index is 2.06. The molecule has 1 atom stereocenters. The predicted molar refractivity (Wildman–Crippen MR) is 86.5 cm³/mol. The van der Waals surface area contributed by atoms with Crippen molar-refractivity contribution in [2.75, 3.05) is 5.73 Å². The highest BCUT2D eigenvalue weighted by atomic mass is 32.2. The molecule has 0 aliphatic rings. The van der Waals surface area contributed by atoms with Gasteiger partial charge in [-0.15, -0.1) is 11.3 Å². The number of rotatable bonds is 6. The molecule has 1 aromatic carbocycles. The number of aromatic nitrogens is 1. The van der Waals surface area contributed by atoms with Crippen molar-refractivity contribution < 1.29 is 8.42 Å². The molecule has 7 heteroatoms. The maximum absolute atomic E-state index is 12.2. The molecule has 2 aromatic rings. The van der Waals surface area contributed by atoms with Crippen LogP contribution in [0.25, 0.3) is 0 Å². The maximum atomic E-state index is 12.2. The molecule has 1 heterocycles. The van der Waals surface area contributed by atoms with E-state index in [9.17, 15) is 8.42 Å². The van der Waals surface area contributed by atoms with Crippen LogP contribution in [0.3, 0.4) is 0 Å². The third-order valence-corrected chi connectivity index (χ3v) is 5.70. The highest BCUT2D eigenvalue weighted by molar-refractivity contribution is 7.88. The molecular formula is C14H19N3O2S2. The molecule has 0 bridgehead atoms. The van der Waals surface area contributed by atoms with E-state index < -0.39 is 10.0 Å². The zero-order chi connectivity index (χ0) is 15.5. The first-order chi connectivity index (χ1) is 9.89. The number of hydrogen-bond donors (Lipinski definition) is 2. The Bertz CT molecular complexity index is 711. The van der Waals surface area contributed by atoms with Crippen molar-refractivity contribution in [2.45, 2.75) is 32.1 Å². The lowest BCUT2D eigenvalue weighted by atomic mass is 10.2. The summed E-state index contributed by atoms with van der Waals surface area (Å²) in [4.78, 5) is 5.41. The van der Waals surface area contributed by atoms with E-state index in [0.717, 1.165) is 16.3 Å².